The fraction of sp³-hybridized carbons (Fsp3) is 0.348. The number of carbonyl (C=O) groups excluding carboxylic acids is 3. The van der Waals surface area contributed by atoms with Crippen molar-refractivity contribution in [3.05, 3.63) is 60.2 Å². The lowest BCUT2D eigenvalue weighted by Gasteiger charge is -2.35. The number of hydrogen-bond acceptors (Lipinski definition) is 7. The Kier molecular flexibility index (Phi) is 8.24. The summed E-state index contributed by atoms with van der Waals surface area (Å²) in [5, 5.41) is 2.50. The Balaban J connectivity index is 1.55. The summed E-state index contributed by atoms with van der Waals surface area (Å²) < 4.78 is 37.0. The average Bonchev–Trinajstić information content (AvgIpc) is 2.84. The van der Waals surface area contributed by atoms with Crippen LogP contribution in [0.15, 0.2) is 59.5 Å². The van der Waals surface area contributed by atoms with Crippen molar-refractivity contribution in [3.8, 4) is 0 Å². The van der Waals surface area contributed by atoms with Crippen LogP contribution in [-0.4, -0.2) is 74.5 Å². The van der Waals surface area contributed by atoms with Gasteiger partial charge in [0.05, 0.1) is 17.1 Å². The number of benzene rings is 2. The number of ether oxygens (including phenoxy) is 2. The van der Waals surface area contributed by atoms with Gasteiger partial charge in [0.2, 0.25) is 10.0 Å². The molecule has 1 atom stereocenters. The predicted molar refractivity (Wildman–Crippen MR) is 124 cm³/mol. The van der Waals surface area contributed by atoms with E-state index in [0.29, 0.717) is 5.69 Å². The monoisotopic (exact) mass is 489 g/mol. The molecule has 0 aliphatic carbocycles. The number of amides is 2. The maximum Gasteiger partial charge on any atom is 0.411 e. The first-order valence-corrected chi connectivity index (χ1v) is 12.2. The number of carbonyl (C=O) groups is 3. The van der Waals surface area contributed by atoms with Crippen molar-refractivity contribution < 1.29 is 32.3 Å². The molecule has 1 N–H and O–H groups in total. The normalized spacial score (nSPS) is 15.3. The molecule has 2 aromatic rings. The van der Waals surface area contributed by atoms with E-state index in [-0.39, 0.29) is 43.2 Å². The zero-order valence-corrected chi connectivity index (χ0v) is 19.8. The Morgan fingerprint density at radius 2 is 1.68 bits per heavy atom. The number of sulfonamides is 1. The molecule has 0 saturated carbocycles. The van der Waals surface area contributed by atoms with Crippen molar-refractivity contribution in [1.82, 2.24) is 9.21 Å². The van der Waals surface area contributed by atoms with Gasteiger partial charge in [-0.2, -0.15) is 4.31 Å². The van der Waals surface area contributed by atoms with Gasteiger partial charge >= 0.3 is 12.1 Å². The fourth-order valence-corrected chi connectivity index (χ4v) is 4.88. The molecule has 1 unspecified atom stereocenters. The average molecular weight is 490 g/mol. The van der Waals surface area contributed by atoms with Crippen LogP contribution in [0.5, 0.6) is 0 Å². The van der Waals surface area contributed by atoms with Crippen LogP contribution in [-0.2, 0) is 24.3 Å². The van der Waals surface area contributed by atoms with Gasteiger partial charge in [-0.15, -0.1) is 0 Å². The van der Waals surface area contributed by atoms with Gasteiger partial charge in [-0.1, -0.05) is 24.3 Å². The number of nitrogens with one attached hydrogen (secondary N) is 1. The van der Waals surface area contributed by atoms with Crippen LogP contribution in [0.4, 0.5) is 10.5 Å². The summed E-state index contributed by atoms with van der Waals surface area (Å²) in [5.74, 6) is -1.13. The molecule has 11 heteroatoms. The van der Waals surface area contributed by atoms with E-state index in [1.165, 1.54) is 40.4 Å². The summed E-state index contributed by atoms with van der Waals surface area (Å²) in [5.41, 5.74) is 0.510. The van der Waals surface area contributed by atoms with Gasteiger partial charge in [-0.3, -0.25) is 10.1 Å². The minimum Gasteiger partial charge on any atom is -0.450 e. The van der Waals surface area contributed by atoms with Crippen LogP contribution in [0.2, 0.25) is 0 Å². The first-order valence-electron chi connectivity index (χ1n) is 10.8. The van der Waals surface area contributed by atoms with Crippen LogP contribution in [0.25, 0.3) is 0 Å². The van der Waals surface area contributed by atoms with Gasteiger partial charge in [0.25, 0.3) is 5.91 Å². The number of rotatable bonds is 7. The van der Waals surface area contributed by atoms with E-state index in [9.17, 15) is 22.8 Å². The summed E-state index contributed by atoms with van der Waals surface area (Å²) >= 11 is 0. The van der Waals surface area contributed by atoms with Crippen molar-refractivity contribution in [2.24, 2.45) is 0 Å². The SMILES string of the molecule is CCOC(=O)Nc1cccc(C(=O)OC(C)C(=O)N2CCN(S(=O)(=O)c3ccccc3)CC2)c1. The van der Waals surface area contributed by atoms with E-state index < -0.39 is 34.1 Å². The molecule has 1 saturated heterocycles. The van der Waals surface area contributed by atoms with Crippen LogP contribution in [0.1, 0.15) is 24.2 Å². The standard InChI is InChI=1S/C23H27N3O7S/c1-3-32-23(29)24-19-9-7-8-18(16-19)22(28)33-17(2)21(27)25-12-14-26(15-13-25)34(30,31)20-10-5-4-6-11-20/h4-11,16-17H,3,12-15H2,1-2H3,(H,24,29). The lowest BCUT2D eigenvalue weighted by Crippen LogP contribution is -2.52. The Labute approximate surface area is 198 Å². The quantitative estimate of drug-likeness (QED) is 0.592. The topological polar surface area (TPSA) is 122 Å². The molecule has 0 spiro atoms. The molecular formula is C23H27N3O7S. The minimum atomic E-state index is -3.63. The van der Waals surface area contributed by atoms with Crippen molar-refractivity contribution in [3.63, 3.8) is 0 Å². The van der Waals surface area contributed by atoms with Crippen molar-refractivity contribution in [2.75, 3.05) is 38.1 Å². The molecule has 2 amide bonds. The van der Waals surface area contributed by atoms with E-state index in [1.54, 1.807) is 37.3 Å². The van der Waals surface area contributed by atoms with Gasteiger partial charge < -0.3 is 14.4 Å². The highest BCUT2D eigenvalue weighted by atomic mass is 32.2. The molecule has 1 fully saturated rings. The molecule has 0 aromatic heterocycles. The second-order valence-electron chi connectivity index (χ2n) is 7.52. The Hall–Kier alpha value is -3.44. The van der Waals surface area contributed by atoms with Crippen LogP contribution < -0.4 is 5.32 Å². The third-order valence-electron chi connectivity index (χ3n) is 5.18. The van der Waals surface area contributed by atoms with Gasteiger partial charge in [0.1, 0.15) is 0 Å². The highest BCUT2D eigenvalue weighted by molar-refractivity contribution is 7.89. The molecule has 1 heterocycles. The van der Waals surface area contributed by atoms with Gasteiger partial charge in [0, 0.05) is 31.9 Å². The summed E-state index contributed by atoms with van der Waals surface area (Å²) in [4.78, 5) is 38.6. The third kappa shape index (κ3) is 6.12. The minimum absolute atomic E-state index is 0.144. The molecule has 1 aliphatic rings. The summed E-state index contributed by atoms with van der Waals surface area (Å²) in [6, 6.07) is 14.2. The van der Waals surface area contributed by atoms with Crippen molar-refractivity contribution in [2.45, 2.75) is 24.8 Å². The molecular weight excluding hydrogens is 462 g/mol. The van der Waals surface area contributed by atoms with E-state index in [4.69, 9.17) is 9.47 Å². The van der Waals surface area contributed by atoms with Gasteiger partial charge in [0.15, 0.2) is 6.10 Å². The zero-order valence-electron chi connectivity index (χ0n) is 19.0. The maximum atomic E-state index is 12.8. The molecule has 182 valence electrons. The molecule has 3 rings (SSSR count). The van der Waals surface area contributed by atoms with Crippen LogP contribution >= 0.6 is 0 Å². The van der Waals surface area contributed by atoms with E-state index in [2.05, 4.69) is 5.32 Å². The number of esters is 1. The first kappa shape index (κ1) is 25.2. The number of hydrogen-bond donors (Lipinski definition) is 1. The third-order valence-corrected chi connectivity index (χ3v) is 7.10. The lowest BCUT2D eigenvalue weighted by molar-refractivity contribution is -0.141. The first-order chi connectivity index (χ1) is 16.2. The smallest absolute Gasteiger partial charge is 0.411 e. The summed E-state index contributed by atoms with van der Waals surface area (Å²) in [6.45, 7) is 4.01. The van der Waals surface area contributed by atoms with Crippen LogP contribution in [0, 0.1) is 0 Å². The molecule has 1 aliphatic heterocycles. The molecule has 0 radical (unpaired) electrons. The van der Waals surface area contributed by atoms with Crippen LogP contribution in [0.3, 0.4) is 0 Å². The second kappa shape index (κ2) is 11.1. The Bertz CT molecular complexity index is 1130. The summed E-state index contributed by atoms with van der Waals surface area (Å²) in [6.07, 6.45) is -1.71. The molecule has 10 nitrogen and oxygen atoms in total. The zero-order chi connectivity index (χ0) is 24.7. The molecule has 0 bridgehead atoms. The van der Waals surface area contributed by atoms with Crippen molar-refractivity contribution in [1.29, 1.82) is 0 Å². The second-order valence-corrected chi connectivity index (χ2v) is 9.45. The summed E-state index contributed by atoms with van der Waals surface area (Å²) in [7, 11) is -3.63. The molecule has 34 heavy (non-hydrogen) atoms. The Morgan fingerprint density at radius 3 is 2.32 bits per heavy atom. The number of anilines is 1. The maximum absolute atomic E-state index is 12.8. The highest BCUT2D eigenvalue weighted by Gasteiger charge is 2.32. The van der Waals surface area contributed by atoms with E-state index in [0.717, 1.165) is 0 Å². The molecule has 2 aromatic carbocycles. The highest BCUT2D eigenvalue weighted by Crippen LogP contribution is 2.18. The van der Waals surface area contributed by atoms with Gasteiger partial charge in [-0.25, -0.2) is 18.0 Å². The number of nitrogens with zero attached hydrogens (tertiary/aromatic N) is 2. The predicted octanol–water partition coefficient (Wildman–Crippen LogP) is 2.33. The van der Waals surface area contributed by atoms with E-state index in [1.807, 2.05) is 0 Å². The lowest BCUT2D eigenvalue weighted by atomic mass is 10.2. The van der Waals surface area contributed by atoms with E-state index >= 15 is 0 Å². The largest absolute Gasteiger partial charge is 0.450 e. The van der Waals surface area contributed by atoms with Crippen molar-refractivity contribution >= 4 is 33.7 Å². The van der Waals surface area contributed by atoms with Gasteiger partial charge in [-0.05, 0) is 44.2 Å². The fourth-order valence-electron chi connectivity index (χ4n) is 3.44. The Morgan fingerprint density at radius 1 is 1.00 bits per heavy atom. The number of piperazine rings is 1.